The van der Waals surface area contributed by atoms with Crippen LogP contribution in [0, 0.1) is 11.6 Å². The van der Waals surface area contributed by atoms with Crippen LogP contribution >= 0.6 is 0 Å². The molecule has 3 aromatic rings. The molecule has 0 unspecified atom stereocenters. The van der Waals surface area contributed by atoms with Gasteiger partial charge in [-0.2, -0.15) is 8.42 Å². The molecule has 0 spiro atoms. The molecule has 0 aliphatic heterocycles. The van der Waals surface area contributed by atoms with Crippen molar-refractivity contribution >= 4 is 16.0 Å². The first kappa shape index (κ1) is 27.3. The van der Waals surface area contributed by atoms with Gasteiger partial charge in [-0.05, 0) is 66.1 Å². The molecule has 1 amide bonds. The molecule has 0 saturated heterocycles. The van der Waals surface area contributed by atoms with Crippen LogP contribution in [0.4, 0.5) is 8.78 Å². The molecule has 5 nitrogen and oxygen atoms in total. The highest BCUT2D eigenvalue weighted by atomic mass is 32.2. The molecule has 0 aliphatic carbocycles. The predicted octanol–water partition coefficient (Wildman–Crippen LogP) is 6.62. The summed E-state index contributed by atoms with van der Waals surface area (Å²) in [5, 5.41) is 0. The van der Waals surface area contributed by atoms with Crippen molar-refractivity contribution in [3.05, 3.63) is 95.6 Å². The van der Waals surface area contributed by atoms with Gasteiger partial charge in [-0.25, -0.2) is 8.78 Å². The summed E-state index contributed by atoms with van der Waals surface area (Å²) in [4.78, 5) is 14.6. The number of rotatable bonds is 13. The number of halogens is 2. The lowest BCUT2D eigenvalue weighted by atomic mass is 10.1. The average molecular weight is 516 g/mol. The van der Waals surface area contributed by atoms with Crippen molar-refractivity contribution in [3.63, 3.8) is 0 Å². The molecule has 0 atom stereocenters. The van der Waals surface area contributed by atoms with Crippen molar-refractivity contribution in [2.24, 2.45) is 0 Å². The summed E-state index contributed by atoms with van der Waals surface area (Å²) in [6.45, 7) is 2.80. The van der Waals surface area contributed by atoms with Crippen LogP contribution in [-0.2, 0) is 28.0 Å². The Morgan fingerprint density at radius 2 is 1.25 bits per heavy atom. The third-order valence-corrected chi connectivity index (χ3v) is 7.00. The Labute approximate surface area is 211 Å². The van der Waals surface area contributed by atoms with E-state index in [-0.39, 0.29) is 22.4 Å². The largest absolute Gasteiger partial charge is 0.379 e. The zero-order valence-corrected chi connectivity index (χ0v) is 21.1. The van der Waals surface area contributed by atoms with Crippen LogP contribution in [0.2, 0.25) is 0 Å². The normalized spacial score (nSPS) is 11.3. The first-order valence-electron chi connectivity index (χ1n) is 12.1. The topological polar surface area (TPSA) is 63.7 Å². The molecule has 8 heteroatoms. The van der Waals surface area contributed by atoms with Crippen molar-refractivity contribution in [1.29, 1.82) is 0 Å². The van der Waals surface area contributed by atoms with E-state index in [1.807, 2.05) is 0 Å². The van der Waals surface area contributed by atoms with Gasteiger partial charge in [-0.3, -0.25) is 4.79 Å². The fraction of sp³-hybridized carbons (Fsp3) is 0.321. The molecule has 0 saturated carbocycles. The Kier molecular flexibility index (Phi) is 9.99. The summed E-state index contributed by atoms with van der Waals surface area (Å²) in [5.41, 5.74) is 1.61. The van der Waals surface area contributed by atoms with Gasteiger partial charge in [0.1, 0.15) is 22.3 Å². The maximum absolute atomic E-state index is 13.3. The molecule has 0 N–H and O–H groups in total. The van der Waals surface area contributed by atoms with E-state index in [1.54, 1.807) is 29.2 Å². The molecule has 36 heavy (non-hydrogen) atoms. The number of nitrogens with zero attached hydrogens (tertiary/aromatic N) is 1. The zero-order chi connectivity index (χ0) is 26.0. The summed E-state index contributed by atoms with van der Waals surface area (Å²) >= 11 is 0. The predicted molar refractivity (Wildman–Crippen MR) is 135 cm³/mol. The van der Waals surface area contributed by atoms with Gasteiger partial charge in [0, 0.05) is 19.5 Å². The lowest BCUT2D eigenvalue weighted by Gasteiger charge is -2.23. The molecule has 0 aromatic heterocycles. The Morgan fingerprint density at radius 1 is 0.750 bits per heavy atom. The van der Waals surface area contributed by atoms with Gasteiger partial charge in [-0.1, -0.05) is 56.9 Å². The second-order valence-electron chi connectivity index (χ2n) is 8.68. The molecule has 3 rings (SSSR count). The fourth-order valence-corrected chi connectivity index (χ4v) is 4.66. The summed E-state index contributed by atoms with van der Waals surface area (Å²) in [5.74, 6) is -0.761. The molecule has 0 bridgehead atoms. The highest BCUT2D eigenvalue weighted by Gasteiger charge is 2.18. The van der Waals surface area contributed by atoms with Crippen LogP contribution in [0.15, 0.2) is 77.7 Å². The molecule has 0 heterocycles. The van der Waals surface area contributed by atoms with Crippen LogP contribution in [0.5, 0.6) is 5.75 Å². The van der Waals surface area contributed by atoms with Crippen molar-refractivity contribution in [2.75, 3.05) is 0 Å². The SMILES string of the molecule is CCCCCCCC(=O)N(Cc1ccc(F)cc1)Cc1ccc(OS(=O)(=O)c2ccc(F)cc2)cc1. The van der Waals surface area contributed by atoms with Gasteiger partial charge >= 0.3 is 10.1 Å². The van der Waals surface area contributed by atoms with E-state index in [4.69, 9.17) is 4.18 Å². The lowest BCUT2D eigenvalue weighted by molar-refractivity contribution is -0.132. The number of unbranched alkanes of at least 4 members (excludes halogenated alkanes) is 4. The number of hydrogen-bond acceptors (Lipinski definition) is 4. The van der Waals surface area contributed by atoms with E-state index < -0.39 is 15.9 Å². The molecular formula is C28H31F2NO4S. The second kappa shape index (κ2) is 13.2. The molecule has 0 aliphatic rings. The first-order valence-corrected chi connectivity index (χ1v) is 13.5. The maximum Gasteiger partial charge on any atom is 0.339 e. The standard InChI is InChI=1S/C28H31F2NO4S/c1-2-3-4-5-6-7-28(32)31(20-22-8-12-24(29)13-9-22)21-23-10-16-26(17-11-23)35-36(33,34)27-18-14-25(30)15-19-27/h8-19H,2-7,20-21H2,1H3. The van der Waals surface area contributed by atoms with Crippen LogP contribution in [0.25, 0.3) is 0 Å². The Bertz CT molecular complexity index is 1210. The summed E-state index contributed by atoms with van der Waals surface area (Å²) < 4.78 is 56.5. The van der Waals surface area contributed by atoms with Crippen LogP contribution in [-0.4, -0.2) is 19.2 Å². The monoisotopic (exact) mass is 515 g/mol. The number of hydrogen-bond donors (Lipinski definition) is 0. The van der Waals surface area contributed by atoms with Gasteiger partial charge in [-0.15, -0.1) is 0 Å². The van der Waals surface area contributed by atoms with Gasteiger partial charge in [0.25, 0.3) is 0 Å². The smallest absolute Gasteiger partial charge is 0.339 e. The Balaban J connectivity index is 1.67. The highest BCUT2D eigenvalue weighted by molar-refractivity contribution is 7.87. The maximum atomic E-state index is 13.3. The third kappa shape index (κ3) is 8.45. The number of carbonyl (C=O) groups is 1. The van der Waals surface area contributed by atoms with Crippen molar-refractivity contribution in [1.82, 2.24) is 4.90 Å². The number of amides is 1. The van der Waals surface area contributed by atoms with Crippen molar-refractivity contribution < 1.29 is 26.2 Å². The van der Waals surface area contributed by atoms with E-state index in [9.17, 15) is 22.0 Å². The van der Waals surface area contributed by atoms with Gasteiger partial charge in [0.05, 0.1) is 0 Å². The molecule has 0 radical (unpaired) electrons. The van der Waals surface area contributed by atoms with E-state index in [1.165, 1.54) is 24.3 Å². The number of carbonyl (C=O) groups excluding carboxylic acids is 1. The van der Waals surface area contributed by atoms with Crippen molar-refractivity contribution in [3.8, 4) is 5.75 Å². The minimum Gasteiger partial charge on any atom is -0.379 e. The van der Waals surface area contributed by atoms with Gasteiger partial charge in [0.15, 0.2) is 0 Å². The quantitative estimate of drug-likeness (QED) is 0.190. The molecule has 192 valence electrons. The van der Waals surface area contributed by atoms with Crippen LogP contribution in [0.3, 0.4) is 0 Å². The minimum atomic E-state index is -4.10. The summed E-state index contributed by atoms with van der Waals surface area (Å²) in [6.07, 6.45) is 5.63. The van der Waals surface area contributed by atoms with Crippen LogP contribution in [0.1, 0.15) is 56.6 Å². The third-order valence-electron chi connectivity index (χ3n) is 5.74. The average Bonchev–Trinajstić information content (AvgIpc) is 2.86. The summed E-state index contributed by atoms with van der Waals surface area (Å²) in [7, 11) is -4.10. The molecule has 0 fully saturated rings. The second-order valence-corrected chi connectivity index (χ2v) is 10.2. The summed E-state index contributed by atoms with van der Waals surface area (Å²) in [6, 6.07) is 16.9. The van der Waals surface area contributed by atoms with E-state index >= 15 is 0 Å². The van der Waals surface area contributed by atoms with Gasteiger partial charge < -0.3 is 9.08 Å². The lowest BCUT2D eigenvalue weighted by Crippen LogP contribution is -2.30. The molecular weight excluding hydrogens is 484 g/mol. The fourth-order valence-electron chi connectivity index (χ4n) is 3.73. The van der Waals surface area contributed by atoms with E-state index in [0.717, 1.165) is 67.5 Å². The first-order chi connectivity index (χ1) is 17.3. The Morgan fingerprint density at radius 3 is 1.81 bits per heavy atom. The minimum absolute atomic E-state index is 0.00929. The zero-order valence-electron chi connectivity index (χ0n) is 20.3. The van der Waals surface area contributed by atoms with E-state index in [2.05, 4.69) is 6.92 Å². The highest BCUT2D eigenvalue weighted by Crippen LogP contribution is 2.21. The Hall–Kier alpha value is -3.26. The number of benzene rings is 3. The van der Waals surface area contributed by atoms with Gasteiger partial charge in [0.2, 0.25) is 5.91 Å². The van der Waals surface area contributed by atoms with E-state index in [0.29, 0.717) is 19.5 Å². The molecule has 3 aromatic carbocycles. The van der Waals surface area contributed by atoms with Crippen molar-refractivity contribution in [2.45, 2.75) is 63.4 Å². The van der Waals surface area contributed by atoms with Crippen LogP contribution < -0.4 is 4.18 Å².